The molecule has 0 saturated heterocycles. The molecule has 6 heteroatoms. The standard InChI is InChI=1S/C14H16ClN3O2/c1-2-4-18-5-3-16-14(18)8-17-11-7-13-12(6-10(11)15)19-9-20-13/h3,5-7,17H,2,4,8-9H2,1H3. The molecule has 0 radical (unpaired) electrons. The number of rotatable bonds is 5. The average molecular weight is 294 g/mol. The Morgan fingerprint density at radius 2 is 2.15 bits per heavy atom. The van der Waals surface area contributed by atoms with Gasteiger partial charge in [0.25, 0.3) is 0 Å². The molecule has 0 spiro atoms. The smallest absolute Gasteiger partial charge is 0.231 e. The normalized spacial score (nSPS) is 12.7. The van der Waals surface area contributed by atoms with Gasteiger partial charge in [0.2, 0.25) is 6.79 Å². The summed E-state index contributed by atoms with van der Waals surface area (Å²) >= 11 is 6.22. The third-order valence-corrected chi connectivity index (χ3v) is 3.48. The predicted octanol–water partition coefficient (Wildman–Crippen LogP) is 3.29. The number of anilines is 1. The van der Waals surface area contributed by atoms with Gasteiger partial charge in [-0.1, -0.05) is 18.5 Å². The van der Waals surface area contributed by atoms with Crippen molar-refractivity contribution in [2.75, 3.05) is 12.1 Å². The van der Waals surface area contributed by atoms with E-state index >= 15 is 0 Å². The maximum atomic E-state index is 6.22. The van der Waals surface area contributed by atoms with Crippen molar-refractivity contribution in [3.63, 3.8) is 0 Å². The second-order valence-electron chi connectivity index (χ2n) is 4.58. The molecule has 1 aromatic carbocycles. The number of halogens is 1. The van der Waals surface area contributed by atoms with Crippen molar-refractivity contribution < 1.29 is 9.47 Å². The summed E-state index contributed by atoms with van der Waals surface area (Å²) < 4.78 is 12.8. The van der Waals surface area contributed by atoms with Gasteiger partial charge in [0.15, 0.2) is 11.5 Å². The van der Waals surface area contributed by atoms with Gasteiger partial charge < -0.3 is 19.4 Å². The van der Waals surface area contributed by atoms with E-state index in [4.69, 9.17) is 21.1 Å². The molecule has 1 aromatic heterocycles. The maximum Gasteiger partial charge on any atom is 0.231 e. The van der Waals surface area contributed by atoms with Gasteiger partial charge >= 0.3 is 0 Å². The van der Waals surface area contributed by atoms with Crippen molar-refractivity contribution in [2.45, 2.75) is 26.4 Å². The molecular weight excluding hydrogens is 278 g/mol. The Labute approximate surface area is 122 Å². The highest BCUT2D eigenvalue weighted by Gasteiger charge is 2.16. The summed E-state index contributed by atoms with van der Waals surface area (Å²) in [6.07, 6.45) is 4.88. The van der Waals surface area contributed by atoms with Crippen LogP contribution in [0, 0.1) is 0 Å². The number of fused-ring (bicyclic) bond motifs is 1. The molecule has 20 heavy (non-hydrogen) atoms. The maximum absolute atomic E-state index is 6.22. The summed E-state index contributed by atoms with van der Waals surface area (Å²) in [5.41, 5.74) is 0.821. The van der Waals surface area contributed by atoms with Crippen LogP contribution >= 0.6 is 11.6 Å². The molecule has 5 nitrogen and oxygen atoms in total. The Morgan fingerprint density at radius 3 is 2.95 bits per heavy atom. The topological polar surface area (TPSA) is 48.3 Å². The number of nitrogens with zero attached hydrogens (tertiary/aromatic N) is 2. The summed E-state index contributed by atoms with van der Waals surface area (Å²) in [5.74, 6) is 2.39. The fourth-order valence-electron chi connectivity index (χ4n) is 2.18. The first-order chi connectivity index (χ1) is 9.78. The Morgan fingerprint density at radius 1 is 1.35 bits per heavy atom. The molecule has 0 amide bonds. The monoisotopic (exact) mass is 293 g/mol. The molecule has 1 N–H and O–H groups in total. The molecule has 0 saturated carbocycles. The lowest BCUT2D eigenvalue weighted by Gasteiger charge is -2.11. The van der Waals surface area contributed by atoms with Crippen LogP contribution in [0.2, 0.25) is 5.02 Å². The van der Waals surface area contributed by atoms with Crippen molar-refractivity contribution >= 4 is 17.3 Å². The van der Waals surface area contributed by atoms with Gasteiger partial charge in [0.1, 0.15) is 5.82 Å². The van der Waals surface area contributed by atoms with Crippen LogP contribution in [0.25, 0.3) is 0 Å². The SMILES string of the molecule is CCCn1ccnc1CNc1cc2c(cc1Cl)OCO2. The Kier molecular flexibility index (Phi) is 3.69. The molecule has 0 fully saturated rings. The van der Waals surface area contributed by atoms with E-state index in [0.717, 1.165) is 24.5 Å². The number of hydrogen-bond donors (Lipinski definition) is 1. The molecule has 2 aromatic rings. The molecule has 0 bridgehead atoms. The molecular formula is C14H16ClN3O2. The summed E-state index contributed by atoms with van der Waals surface area (Å²) in [6, 6.07) is 3.63. The van der Waals surface area contributed by atoms with Gasteiger partial charge in [-0.2, -0.15) is 0 Å². The second kappa shape index (κ2) is 5.63. The lowest BCUT2D eigenvalue weighted by atomic mass is 10.2. The van der Waals surface area contributed by atoms with Crippen molar-refractivity contribution in [1.82, 2.24) is 9.55 Å². The zero-order valence-electron chi connectivity index (χ0n) is 11.2. The van der Waals surface area contributed by atoms with E-state index in [1.807, 2.05) is 18.5 Å². The molecule has 0 unspecified atom stereocenters. The van der Waals surface area contributed by atoms with Gasteiger partial charge in [0.05, 0.1) is 17.3 Å². The molecule has 0 aliphatic carbocycles. The first-order valence-electron chi connectivity index (χ1n) is 6.61. The molecule has 106 valence electrons. The third kappa shape index (κ3) is 2.54. The Hall–Kier alpha value is -1.88. The van der Waals surface area contributed by atoms with Crippen LogP contribution in [0.4, 0.5) is 5.69 Å². The number of nitrogens with one attached hydrogen (secondary N) is 1. The number of hydrogen-bond acceptors (Lipinski definition) is 4. The molecule has 2 heterocycles. The zero-order chi connectivity index (χ0) is 13.9. The van der Waals surface area contributed by atoms with Crippen LogP contribution in [-0.2, 0) is 13.1 Å². The van der Waals surface area contributed by atoms with Crippen LogP contribution in [0.1, 0.15) is 19.2 Å². The van der Waals surface area contributed by atoms with E-state index in [1.165, 1.54) is 0 Å². The largest absolute Gasteiger partial charge is 0.454 e. The van der Waals surface area contributed by atoms with E-state index in [2.05, 4.69) is 21.8 Å². The van der Waals surface area contributed by atoms with E-state index in [-0.39, 0.29) is 6.79 Å². The van der Waals surface area contributed by atoms with Gasteiger partial charge in [-0.3, -0.25) is 0 Å². The third-order valence-electron chi connectivity index (χ3n) is 3.17. The lowest BCUT2D eigenvalue weighted by molar-refractivity contribution is 0.174. The first-order valence-corrected chi connectivity index (χ1v) is 6.98. The quantitative estimate of drug-likeness (QED) is 0.919. The Bertz CT molecular complexity index is 612. The summed E-state index contributed by atoms with van der Waals surface area (Å²) in [6.45, 7) is 3.97. The fraction of sp³-hybridized carbons (Fsp3) is 0.357. The molecule has 1 aliphatic heterocycles. The lowest BCUT2D eigenvalue weighted by Crippen LogP contribution is -2.08. The van der Waals surface area contributed by atoms with Crippen molar-refractivity contribution in [3.8, 4) is 11.5 Å². The minimum Gasteiger partial charge on any atom is -0.454 e. The summed E-state index contributed by atoms with van der Waals surface area (Å²) in [7, 11) is 0. The van der Waals surface area contributed by atoms with E-state index in [9.17, 15) is 0 Å². The van der Waals surface area contributed by atoms with Crippen molar-refractivity contribution in [2.24, 2.45) is 0 Å². The highest BCUT2D eigenvalue weighted by Crippen LogP contribution is 2.39. The van der Waals surface area contributed by atoms with E-state index in [1.54, 1.807) is 6.07 Å². The van der Waals surface area contributed by atoms with Crippen LogP contribution in [0.3, 0.4) is 0 Å². The molecule has 0 atom stereocenters. The Balaban J connectivity index is 1.73. The molecule has 1 aliphatic rings. The van der Waals surface area contributed by atoms with Crippen molar-refractivity contribution in [1.29, 1.82) is 0 Å². The van der Waals surface area contributed by atoms with E-state index in [0.29, 0.717) is 23.1 Å². The van der Waals surface area contributed by atoms with Crippen LogP contribution < -0.4 is 14.8 Å². The number of ether oxygens (including phenoxy) is 2. The van der Waals surface area contributed by atoms with Crippen LogP contribution in [0.15, 0.2) is 24.5 Å². The van der Waals surface area contributed by atoms with Gasteiger partial charge in [-0.15, -0.1) is 0 Å². The van der Waals surface area contributed by atoms with Gasteiger partial charge in [-0.05, 0) is 6.42 Å². The van der Waals surface area contributed by atoms with Gasteiger partial charge in [0, 0.05) is 31.1 Å². The number of aromatic nitrogens is 2. The van der Waals surface area contributed by atoms with Crippen molar-refractivity contribution in [3.05, 3.63) is 35.4 Å². The average Bonchev–Trinajstić information content (AvgIpc) is 3.05. The summed E-state index contributed by atoms with van der Waals surface area (Å²) in [5, 5.41) is 3.91. The summed E-state index contributed by atoms with van der Waals surface area (Å²) in [4.78, 5) is 4.35. The van der Waals surface area contributed by atoms with Crippen LogP contribution in [-0.4, -0.2) is 16.3 Å². The highest BCUT2D eigenvalue weighted by molar-refractivity contribution is 6.33. The minimum absolute atomic E-state index is 0.246. The highest BCUT2D eigenvalue weighted by atomic mass is 35.5. The van der Waals surface area contributed by atoms with Gasteiger partial charge in [-0.25, -0.2) is 4.98 Å². The number of benzene rings is 1. The number of aryl methyl sites for hydroxylation is 1. The predicted molar refractivity (Wildman–Crippen MR) is 77.4 cm³/mol. The fourth-order valence-corrected chi connectivity index (χ4v) is 2.40. The first kappa shape index (κ1) is 13.1. The minimum atomic E-state index is 0.246. The van der Waals surface area contributed by atoms with E-state index < -0.39 is 0 Å². The molecule has 3 rings (SSSR count). The zero-order valence-corrected chi connectivity index (χ0v) is 12.0. The van der Waals surface area contributed by atoms with Crippen LogP contribution in [0.5, 0.6) is 11.5 Å². The number of imidazole rings is 1. The second-order valence-corrected chi connectivity index (χ2v) is 4.98.